The average molecular weight is 453 g/mol. The second-order valence-corrected chi connectivity index (χ2v) is 9.87. The summed E-state index contributed by atoms with van der Waals surface area (Å²) in [4.78, 5) is 37.7. The molecule has 0 radical (unpaired) electrons. The lowest BCUT2D eigenvalue weighted by molar-refractivity contribution is -0.149. The number of aryl methyl sites for hydroxylation is 1. The van der Waals surface area contributed by atoms with Crippen LogP contribution < -0.4 is 10.6 Å². The molecular weight excluding hydrogens is 424 g/mol. The number of rotatable bonds is 6. The van der Waals surface area contributed by atoms with Crippen LogP contribution in [0.3, 0.4) is 0 Å². The van der Waals surface area contributed by atoms with Crippen molar-refractivity contribution in [3.63, 3.8) is 0 Å². The van der Waals surface area contributed by atoms with Crippen LogP contribution >= 0.6 is 0 Å². The summed E-state index contributed by atoms with van der Waals surface area (Å²) in [5.74, 6) is 1.08. The first-order valence-electron chi connectivity index (χ1n) is 11.5. The van der Waals surface area contributed by atoms with Crippen LogP contribution in [0.4, 0.5) is 4.79 Å². The Balaban J connectivity index is 1.06. The maximum atomic E-state index is 12.4. The van der Waals surface area contributed by atoms with Gasteiger partial charge >= 0.3 is 12.0 Å². The number of amides is 3. The van der Waals surface area contributed by atoms with Gasteiger partial charge in [0.05, 0.1) is 0 Å². The Morgan fingerprint density at radius 2 is 1.70 bits per heavy atom. The Bertz CT molecular complexity index is 1030. The molecule has 1 aromatic carbocycles. The normalized spacial score (nSPS) is 27.2. The Morgan fingerprint density at radius 3 is 2.33 bits per heavy atom. The Morgan fingerprint density at radius 1 is 1.06 bits per heavy atom. The van der Waals surface area contributed by atoms with Gasteiger partial charge in [0.25, 0.3) is 5.91 Å². The van der Waals surface area contributed by atoms with E-state index in [1.54, 1.807) is 0 Å². The third kappa shape index (κ3) is 4.89. The number of carbonyl (C=O) groups excluding carboxylic acids is 3. The van der Waals surface area contributed by atoms with Crippen LogP contribution in [0.25, 0.3) is 11.4 Å². The van der Waals surface area contributed by atoms with Crippen molar-refractivity contribution in [2.75, 3.05) is 6.61 Å². The van der Waals surface area contributed by atoms with E-state index < -0.39 is 24.5 Å². The number of aromatic nitrogens is 4. The number of esters is 1. The van der Waals surface area contributed by atoms with Crippen LogP contribution in [-0.4, -0.2) is 50.3 Å². The topological polar surface area (TPSA) is 128 Å². The molecule has 3 amide bonds. The second kappa shape index (κ2) is 8.57. The number of tetrazole rings is 1. The van der Waals surface area contributed by atoms with E-state index in [1.807, 2.05) is 31.2 Å². The van der Waals surface area contributed by atoms with Crippen LogP contribution in [0.15, 0.2) is 24.3 Å². The third-order valence-corrected chi connectivity index (χ3v) is 7.07. The minimum Gasteiger partial charge on any atom is -0.454 e. The lowest BCUT2D eigenvalue weighted by Gasteiger charge is -2.56. The highest BCUT2D eigenvalue weighted by Gasteiger charge is 2.51. The second-order valence-electron chi connectivity index (χ2n) is 9.87. The van der Waals surface area contributed by atoms with Gasteiger partial charge in [0.2, 0.25) is 5.82 Å². The van der Waals surface area contributed by atoms with Gasteiger partial charge in [-0.3, -0.25) is 10.1 Å². The quantitative estimate of drug-likeness (QED) is 0.642. The average Bonchev–Trinajstić information content (AvgIpc) is 3.19. The van der Waals surface area contributed by atoms with Gasteiger partial charge in [-0.25, -0.2) is 9.59 Å². The van der Waals surface area contributed by atoms with Crippen molar-refractivity contribution in [3.05, 3.63) is 29.8 Å². The summed E-state index contributed by atoms with van der Waals surface area (Å²) < 4.78 is 4.97. The molecule has 6 rings (SSSR count). The van der Waals surface area contributed by atoms with E-state index in [0.717, 1.165) is 35.2 Å². The molecular formula is C23H28N6O4. The van der Waals surface area contributed by atoms with Gasteiger partial charge in [-0.2, -0.15) is 4.80 Å². The van der Waals surface area contributed by atoms with Crippen molar-refractivity contribution < 1.29 is 19.1 Å². The summed E-state index contributed by atoms with van der Waals surface area (Å²) in [5.41, 5.74) is 1.70. The van der Waals surface area contributed by atoms with E-state index in [-0.39, 0.29) is 12.1 Å². The van der Waals surface area contributed by atoms with Gasteiger partial charge in [-0.1, -0.05) is 29.8 Å². The SMILES string of the molecule is Cc1ccc(-c2nnn(CC(=O)OCC(=O)NC(=O)NC34CC5CC(CC(C5)C3)C4)n2)cc1. The summed E-state index contributed by atoms with van der Waals surface area (Å²) in [7, 11) is 0. The van der Waals surface area contributed by atoms with E-state index in [0.29, 0.717) is 23.6 Å². The number of carbonyl (C=O) groups is 3. The Hall–Kier alpha value is -3.30. The van der Waals surface area contributed by atoms with Crippen molar-refractivity contribution in [2.45, 2.75) is 57.5 Å². The number of urea groups is 1. The third-order valence-electron chi connectivity index (χ3n) is 7.07. The maximum Gasteiger partial charge on any atom is 0.330 e. The zero-order valence-electron chi connectivity index (χ0n) is 18.6. The lowest BCUT2D eigenvalue weighted by Crippen LogP contribution is -2.62. The summed E-state index contributed by atoms with van der Waals surface area (Å²) in [6.45, 7) is 1.14. The van der Waals surface area contributed by atoms with Crippen molar-refractivity contribution >= 4 is 17.9 Å². The Labute approximate surface area is 191 Å². The van der Waals surface area contributed by atoms with Gasteiger partial charge in [0.1, 0.15) is 0 Å². The Kier molecular flexibility index (Phi) is 5.59. The minimum absolute atomic E-state index is 0.191. The molecule has 4 fully saturated rings. The first-order valence-corrected chi connectivity index (χ1v) is 11.5. The maximum absolute atomic E-state index is 12.4. The number of nitrogens with zero attached hydrogens (tertiary/aromatic N) is 4. The van der Waals surface area contributed by atoms with Crippen molar-refractivity contribution in [3.8, 4) is 11.4 Å². The fourth-order valence-electron chi connectivity index (χ4n) is 6.13. The smallest absolute Gasteiger partial charge is 0.330 e. The molecule has 0 spiro atoms. The molecule has 174 valence electrons. The van der Waals surface area contributed by atoms with Gasteiger partial charge in [0.15, 0.2) is 13.2 Å². The molecule has 1 aromatic heterocycles. The number of hydrogen-bond donors (Lipinski definition) is 2. The van der Waals surface area contributed by atoms with E-state index >= 15 is 0 Å². The summed E-state index contributed by atoms with van der Waals surface area (Å²) in [5, 5.41) is 17.3. The van der Waals surface area contributed by atoms with Gasteiger partial charge in [-0.05, 0) is 68.4 Å². The molecule has 4 bridgehead atoms. The number of ether oxygens (including phenoxy) is 1. The molecule has 10 nitrogen and oxygen atoms in total. The van der Waals surface area contributed by atoms with E-state index in [1.165, 1.54) is 19.3 Å². The molecule has 0 atom stereocenters. The molecule has 10 heteroatoms. The van der Waals surface area contributed by atoms with Crippen molar-refractivity contribution in [1.82, 2.24) is 30.8 Å². The fourth-order valence-corrected chi connectivity index (χ4v) is 6.13. The van der Waals surface area contributed by atoms with Crippen LogP contribution in [0.1, 0.15) is 44.1 Å². The molecule has 0 saturated heterocycles. The lowest BCUT2D eigenvalue weighted by atomic mass is 9.53. The van der Waals surface area contributed by atoms with Crippen LogP contribution in [-0.2, 0) is 20.9 Å². The largest absolute Gasteiger partial charge is 0.454 e. The van der Waals surface area contributed by atoms with E-state index in [9.17, 15) is 14.4 Å². The number of benzene rings is 1. The summed E-state index contributed by atoms with van der Waals surface area (Å²) in [6.07, 6.45) is 6.78. The zero-order valence-corrected chi connectivity index (χ0v) is 18.6. The number of hydrogen-bond acceptors (Lipinski definition) is 7. The molecule has 0 unspecified atom stereocenters. The molecule has 1 heterocycles. The molecule has 0 aliphatic heterocycles. The molecule has 2 N–H and O–H groups in total. The fraction of sp³-hybridized carbons (Fsp3) is 0.565. The van der Waals surface area contributed by atoms with Crippen LogP contribution in [0.2, 0.25) is 0 Å². The molecule has 33 heavy (non-hydrogen) atoms. The monoisotopic (exact) mass is 452 g/mol. The van der Waals surface area contributed by atoms with Gasteiger partial charge < -0.3 is 10.1 Å². The van der Waals surface area contributed by atoms with Gasteiger partial charge in [-0.15, -0.1) is 10.2 Å². The zero-order chi connectivity index (χ0) is 23.0. The number of imide groups is 1. The predicted molar refractivity (Wildman–Crippen MR) is 117 cm³/mol. The number of nitrogens with one attached hydrogen (secondary N) is 2. The first-order chi connectivity index (χ1) is 15.9. The van der Waals surface area contributed by atoms with E-state index in [2.05, 4.69) is 26.0 Å². The summed E-state index contributed by atoms with van der Waals surface area (Å²) in [6, 6.07) is 7.09. The highest BCUT2D eigenvalue weighted by Crippen LogP contribution is 2.55. The molecule has 4 aliphatic rings. The standard InChI is InChI=1S/C23H28N6O4/c1-14-2-4-18(5-3-14)21-26-28-29(27-21)12-20(31)33-13-19(30)24-22(32)25-23-9-15-6-16(10-23)8-17(7-15)11-23/h2-5,15-17H,6-13H2,1H3,(H2,24,25,30,32). The van der Waals surface area contributed by atoms with Crippen molar-refractivity contribution in [2.24, 2.45) is 17.8 Å². The molecule has 4 saturated carbocycles. The predicted octanol–water partition coefficient (Wildman–Crippen LogP) is 1.99. The highest BCUT2D eigenvalue weighted by atomic mass is 16.5. The van der Waals surface area contributed by atoms with Crippen LogP contribution in [0.5, 0.6) is 0 Å². The van der Waals surface area contributed by atoms with Gasteiger partial charge in [0, 0.05) is 11.1 Å². The summed E-state index contributed by atoms with van der Waals surface area (Å²) >= 11 is 0. The highest BCUT2D eigenvalue weighted by molar-refractivity contribution is 5.95. The first kappa shape index (κ1) is 21.5. The minimum atomic E-state index is -0.695. The molecule has 2 aromatic rings. The van der Waals surface area contributed by atoms with Crippen molar-refractivity contribution in [1.29, 1.82) is 0 Å². The van der Waals surface area contributed by atoms with E-state index in [4.69, 9.17) is 4.74 Å². The van der Waals surface area contributed by atoms with Crippen LogP contribution in [0, 0.1) is 24.7 Å². The molecule has 4 aliphatic carbocycles.